The van der Waals surface area contributed by atoms with E-state index in [0.717, 1.165) is 45.8 Å². The zero-order valence-corrected chi connectivity index (χ0v) is 17.0. The maximum atomic E-state index is 6.11. The number of nitrogens with one attached hydrogen (secondary N) is 1. The molecule has 3 N–H and O–H groups in total. The van der Waals surface area contributed by atoms with Crippen LogP contribution in [0.3, 0.4) is 0 Å². The van der Waals surface area contributed by atoms with Crippen molar-refractivity contribution in [2.75, 3.05) is 57.3 Å². The van der Waals surface area contributed by atoms with Gasteiger partial charge in [0.25, 0.3) is 0 Å². The SMILES string of the molecule is CCN1CCCC1CNC(N)=NCC(C)N1CCN(c2ccccc2)CC1. The minimum absolute atomic E-state index is 0.418. The quantitative estimate of drug-likeness (QED) is 0.562. The number of nitrogens with two attached hydrogens (primary N) is 1. The Bertz CT molecular complexity index is 582. The molecule has 1 aromatic rings. The predicted molar refractivity (Wildman–Crippen MR) is 114 cm³/mol. The Labute approximate surface area is 164 Å². The van der Waals surface area contributed by atoms with Gasteiger partial charge in [-0.2, -0.15) is 0 Å². The summed E-state index contributed by atoms with van der Waals surface area (Å²) in [5.41, 5.74) is 7.43. The van der Waals surface area contributed by atoms with Crippen LogP contribution in [0, 0.1) is 0 Å². The molecule has 0 spiro atoms. The van der Waals surface area contributed by atoms with Gasteiger partial charge in [-0.15, -0.1) is 0 Å². The topological polar surface area (TPSA) is 60.1 Å². The third-order valence-electron chi connectivity index (χ3n) is 6.01. The highest BCUT2D eigenvalue weighted by Gasteiger charge is 2.23. The zero-order chi connectivity index (χ0) is 19.1. The standard InChI is InChI=1S/C21H36N6/c1-3-25-11-7-10-20(25)17-24-21(22)23-16-18(2)26-12-14-27(15-13-26)19-8-5-4-6-9-19/h4-6,8-9,18,20H,3,7,10-17H2,1-2H3,(H3,22,23,24). The summed E-state index contributed by atoms with van der Waals surface area (Å²) in [7, 11) is 0. The van der Waals surface area contributed by atoms with Crippen LogP contribution >= 0.6 is 0 Å². The van der Waals surface area contributed by atoms with Gasteiger partial charge in [0, 0.05) is 50.5 Å². The predicted octanol–water partition coefficient (Wildman–Crippen LogP) is 1.59. The number of hydrogen-bond acceptors (Lipinski definition) is 4. The molecule has 2 aliphatic rings. The first-order chi connectivity index (χ1) is 13.2. The molecular weight excluding hydrogens is 336 g/mol. The number of likely N-dealkylation sites (tertiary alicyclic amines) is 1. The van der Waals surface area contributed by atoms with Gasteiger partial charge < -0.3 is 16.0 Å². The van der Waals surface area contributed by atoms with Crippen molar-refractivity contribution in [3.63, 3.8) is 0 Å². The van der Waals surface area contributed by atoms with Crippen LogP contribution in [0.25, 0.3) is 0 Å². The van der Waals surface area contributed by atoms with E-state index in [9.17, 15) is 0 Å². The fraction of sp³-hybridized carbons (Fsp3) is 0.667. The van der Waals surface area contributed by atoms with Crippen LogP contribution in [0.15, 0.2) is 35.3 Å². The molecule has 1 aromatic carbocycles. The van der Waals surface area contributed by atoms with Crippen LogP contribution in [0.5, 0.6) is 0 Å². The number of hydrogen-bond donors (Lipinski definition) is 2. The average molecular weight is 373 g/mol. The van der Waals surface area contributed by atoms with Crippen molar-refractivity contribution in [2.24, 2.45) is 10.7 Å². The fourth-order valence-corrected chi connectivity index (χ4v) is 4.23. The number of aliphatic imine (C=N–C) groups is 1. The van der Waals surface area contributed by atoms with Gasteiger partial charge in [0.05, 0.1) is 6.54 Å². The monoisotopic (exact) mass is 372 g/mol. The Kier molecular flexibility index (Phi) is 7.35. The van der Waals surface area contributed by atoms with E-state index >= 15 is 0 Å². The molecule has 0 bridgehead atoms. The van der Waals surface area contributed by atoms with Crippen LogP contribution in [-0.2, 0) is 0 Å². The Hall–Kier alpha value is -1.79. The number of likely N-dealkylation sites (N-methyl/N-ethyl adjacent to an activating group) is 1. The molecule has 150 valence electrons. The number of benzene rings is 1. The molecule has 2 unspecified atom stereocenters. The second-order valence-electron chi connectivity index (χ2n) is 7.74. The summed E-state index contributed by atoms with van der Waals surface area (Å²) in [4.78, 5) is 12.1. The molecule has 2 saturated heterocycles. The van der Waals surface area contributed by atoms with E-state index in [1.165, 1.54) is 25.1 Å². The largest absolute Gasteiger partial charge is 0.370 e. The van der Waals surface area contributed by atoms with Crippen molar-refractivity contribution in [2.45, 2.75) is 38.8 Å². The number of piperazine rings is 1. The molecule has 0 aliphatic carbocycles. The minimum Gasteiger partial charge on any atom is -0.370 e. The van der Waals surface area contributed by atoms with Crippen molar-refractivity contribution in [3.8, 4) is 0 Å². The fourth-order valence-electron chi connectivity index (χ4n) is 4.23. The highest BCUT2D eigenvalue weighted by molar-refractivity contribution is 5.77. The normalized spacial score (nSPS) is 23.6. The summed E-state index contributed by atoms with van der Waals surface area (Å²) in [6.45, 7) is 12.8. The third kappa shape index (κ3) is 5.59. The highest BCUT2D eigenvalue weighted by Crippen LogP contribution is 2.17. The minimum atomic E-state index is 0.418. The molecule has 6 nitrogen and oxygen atoms in total. The molecule has 0 amide bonds. The van der Waals surface area contributed by atoms with E-state index in [1.807, 2.05) is 0 Å². The third-order valence-corrected chi connectivity index (χ3v) is 6.01. The second-order valence-corrected chi connectivity index (χ2v) is 7.74. The molecule has 0 saturated carbocycles. The lowest BCUT2D eigenvalue weighted by Crippen LogP contribution is -2.50. The van der Waals surface area contributed by atoms with Crippen molar-refractivity contribution < 1.29 is 0 Å². The number of rotatable bonds is 7. The number of nitrogens with zero attached hydrogens (tertiary/aromatic N) is 4. The van der Waals surface area contributed by atoms with Crippen molar-refractivity contribution in [1.82, 2.24) is 15.1 Å². The Balaban J connectivity index is 1.38. The molecule has 27 heavy (non-hydrogen) atoms. The van der Waals surface area contributed by atoms with E-state index in [4.69, 9.17) is 5.73 Å². The Morgan fingerprint density at radius 3 is 2.63 bits per heavy atom. The van der Waals surface area contributed by atoms with E-state index in [-0.39, 0.29) is 0 Å². The zero-order valence-electron chi connectivity index (χ0n) is 17.0. The van der Waals surface area contributed by atoms with Gasteiger partial charge in [0.15, 0.2) is 5.96 Å². The van der Waals surface area contributed by atoms with Crippen LogP contribution < -0.4 is 16.0 Å². The number of anilines is 1. The van der Waals surface area contributed by atoms with E-state index < -0.39 is 0 Å². The van der Waals surface area contributed by atoms with Crippen molar-refractivity contribution in [1.29, 1.82) is 0 Å². The summed E-state index contributed by atoms with van der Waals surface area (Å²) in [5.74, 6) is 0.590. The lowest BCUT2D eigenvalue weighted by Gasteiger charge is -2.38. The van der Waals surface area contributed by atoms with Crippen LogP contribution in [0.4, 0.5) is 5.69 Å². The Morgan fingerprint density at radius 2 is 1.93 bits per heavy atom. The molecular formula is C21H36N6. The van der Waals surface area contributed by atoms with Gasteiger partial charge in [0.2, 0.25) is 0 Å². The average Bonchev–Trinajstić information content (AvgIpc) is 3.19. The summed E-state index contributed by atoms with van der Waals surface area (Å²) >= 11 is 0. The van der Waals surface area contributed by atoms with Gasteiger partial charge in [-0.25, -0.2) is 0 Å². The summed E-state index contributed by atoms with van der Waals surface area (Å²) in [6, 6.07) is 11.7. The van der Waals surface area contributed by atoms with Gasteiger partial charge >= 0.3 is 0 Å². The first kappa shape index (κ1) is 20.0. The summed E-state index contributed by atoms with van der Waals surface area (Å²) < 4.78 is 0. The molecule has 2 atom stereocenters. The highest BCUT2D eigenvalue weighted by atomic mass is 15.3. The van der Waals surface area contributed by atoms with E-state index in [1.54, 1.807) is 0 Å². The van der Waals surface area contributed by atoms with Gasteiger partial charge in [-0.05, 0) is 45.0 Å². The second kappa shape index (κ2) is 9.95. The molecule has 2 aliphatic heterocycles. The molecule has 3 rings (SSSR count). The summed E-state index contributed by atoms with van der Waals surface area (Å²) in [5, 5.41) is 3.34. The number of para-hydroxylation sites is 1. The first-order valence-corrected chi connectivity index (χ1v) is 10.5. The first-order valence-electron chi connectivity index (χ1n) is 10.5. The van der Waals surface area contributed by atoms with Crippen molar-refractivity contribution >= 4 is 11.6 Å². The molecule has 0 aromatic heterocycles. The summed E-state index contributed by atoms with van der Waals surface area (Å²) in [6.07, 6.45) is 2.56. The van der Waals surface area contributed by atoms with E-state index in [2.05, 4.69) is 69.2 Å². The van der Waals surface area contributed by atoms with Gasteiger partial charge in [-0.3, -0.25) is 14.8 Å². The molecule has 6 heteroatoms. The maximum Gasteiger partial charge on any atom is 0.188 e. The van der Waals surface area contributed by atoms with Crippen molar-refractivity contribution in [3.05, 3.63) is 30.3 Å². The van der Waals surface area contributed by atoms with E-state index in [0.29, 0.717) is 18.0 Å². The number of guanidine groups is 1. The lowest BCUT2D eigenvalue weighted by molar-refractivity contribution is 0.201. The van der Waals surface area contributed by atoms with Gasteiger partial charge in [0.1, 0.15) is 0 Å². The van der Waals surface area contributed by atoms with Gasteiger partial charge in [-0.1, -0.05) is 25.1 Å². The van der Waals surface area contributed by atoms with Crippen LogP contribution in [0.1, 0.15) is 26.7 Å². The lowest BCUT2D eigenvalue weighted by atomic mass is 10.2. The molecule has 2 fully saturated rings. The maximum absolute atomic E-state index is 6.11. The van der Waals surface area contributed by atoms with Crippen LogP contribution in [0.2, 0.25) is 0 Å². The Morgan fingerprint density at radius 1 is 1.19 bits per heavy atom. The van der Waals surface area contributed by atoms with Crippen LogP contribution in [-0.4, -0.2) is 80.2 Å². The molecule has 0 radical (unpaired) electrons. The molecule has 2 heterocycles. The smallest absolute Gasteiger partial charge is 0.188 e.